The third-order valence-electron chi connectivity index (χ3n) is 3.17. The normalized spacial score (nSPS) is 11.3. The van der Waals surface area contributed by atoms with Gasteiger partial charge in [0.1, 0.15) is 0 Å². The second kappa shape index (κ2) is 7.90. The summed E-state index contributed by atoms with van der Waals surface area (Å²) in [6.07, 6.45) is -0.474. The molecule has 3 nitrogen and oxygen atoms in total. The van der Waals surface area contributed by atoms with Gasteiger partial charge in [-0.3, -0.25) is 4.79 Å². The van der Waals surface area contributed by atoms with Gasteiger partial charge in [-0.15, -0.1) is 0 Å². The molecule has 0 unspecified atom stereocenters. The predicted molar refractivity (Wildman–Crippen MR) is 77.5 cm³/mol. The summed E-state index contributed by atoms with van der Waals surface area (Å²) in [6, 6.07) is 3.55. The van der Waals surface area contributed by atoms with Crippen molar-refractivity contribution in [3.63, 3.8) is 0 Å². The van der Waals surface area contributed by atoms with Crippen LogP contribution in [0.4, 0.5) is 18.9 Å². The van der Waals surface area contributed by atoms with E-state index < -0.39 is 17.6 Å². The van der Waals surface area contributed by atoms with E-state index in [2.05, 4.69) is 17.6 Å². The number of carbonyl (C=O) groups is 1. The Morgan fingerprint density at radius 3 is 2.48 bits per heavy atom. The fraction of sp³-hybridized carbons (Fsp3) is 0.533. The average molecular weight is 302 g/mol. The van der Waals surface area contributed by atoms with Crippen molar-refractivity contribution in [3.8, 4) is 0 Å². The quantitative estimate of drug-likeness (QED) is 0.746. The van der Waals surface area contributed by atoms with Crippen LogP contribution in [0.3, 0.4) is 0 Å². The maximum Gasteiger partial charge on any atom is 0.418 e. The number of amides is 1. The van der Waals surface area contributed by atoms with Crippen LogP contribution in [-0.2, 0) is 6.18 Å². The lowest BCUT2D eigenvalue weighted by molar-refractivity contribution is -0.136. The first-order valence-electron chi connectivity index (χ1n) is 7.07. The fourth-order valence-electron chi connectivity index (χ4n) is 1.99. The maximum atomic E-state index is 12.9. The topological polar surface area (TPSA) is 41.1 Å². The van der Waals surface area contributed by atoms with Crippen molar-refractivity contribution in [2.24, 2.45) is 0 Å². The number of benzene rings is 1. The highest BCUT2D eigenvalue weighted by Crippen LogP contribution is 2.35. The van der Waals surface area contributed by atoms with Gasteiger partial charge in [0.05, 0.1) is 5.56 Å². The maximum absolute atomic E-state index is 12.9. The molecule has 2 N–H and O–H groups in total. The summed E-state index contributed by atoms with van der Waals surface area (Å²) in [5, 5.41) is 5.13. The van der Waals surface area contributed by atoms with Gasteiger partial charge in [0.15, 0.2) is 0 Å². The van der Waals surface area contributed by atoms with Crippen LogP contribution in [0.25, 0.3) is 0 Å². The van der Waals surface area contributed by atoms with Crippen LogP contribution in [0.2, 0.25) is 0 Å². The lowest BCUT2D eigenvalue weighted by Crippen LogP contribution is -2.25. The molecule has 0 heterocycles. The van der Waals surface area contributed by atoms with Gasteiger partial charge in [-0.2, -0.15) is 13.2 Å². The zero-order valence-electron chi connectivity index (χ0n) is 12.3. The third kappa shape index (κ3) is 5.28. The Morgan fingerprint density at radius 1 is 1.19 bits per heavy atom. The monoisotopic (exact) mass is 302 g/mol. The second-order valence-electron chi connectivity index (χ2n) is 4.82. The molecule has 0 aliphatic rings. The fourth-order valence-corrected chi connectivity index (χ4v) is 1.99. The summed E-state index contributed by atoms with van der Waals surface area (Å²) in [7, 11) is 1.41. The summed E-state index contributed by atoms with van der Waals surface area (Å²) in [5.74, 6) is -0.473. The Labute approximate surface area is 122 Å². The molecule has 0 saturated heterocycles. The molecule has 1 amide bonds. The van der Waals surface area contributed by atoms with Gasteiger partial charge >= 0.3 is 6.18 Å². The molecular weight excluding hydrogens is 281 g/mol. The van der Waals surface area contributed by atoms with E-state index in [1.165, 1.54) is 19.2 Å². The molecule has 0 aliphatic heterocycles. The van der Waals surface area contributed by atoms with E-state index in [1.54, 1.807) is 0 Å². The number of halogens is 3. The molecule has 21 heavy (non-hydrogen) atoms. The van der Waals surface area contributed by atoms with Crippen LogP contribution in [0.1, 0.15) is 48.5 Å². The lowest BCUT2D eigenvalue weighted by Gasteiger charge is -2.14. The summed E-state index contributed by atoms with van der Waals surface area (Å²) in [5.41, 5.74) is -0.845. The Morgan fingerprint density at radius 2 is 1.90 bits per heavy atom. The van der Waals surface area contributed by atoms with E-state index in [0.29, 0.717) is 6.54 Å². The van der Waals surface area contributed by atoms with Gasteiger partial charge in [0.25, 0.3) is 5.91 Å². The Kier molecular flexibility index (Phi) is 6.52. The summed E-state index contributed by atoms with van der Waals surface area (Å²) < 4.78 is 38.7. The van der Waals surface area contributed by atoms with E-state index in [-0.39, 0.29) is 11.3 Å². The smallest absolute Gasteiger partial charge is 0.388 e. The Balaban J connectivity index is 2.73. The molecule has 1 aromatic carbocycles. The van der Waals surface area contributed by atoms with E-state index in [4.69, 9.17) is 0 Å². The van der Waals surface area contributed by atoms with Crippen molar-refractivity contribution >= 4 is 11.6 Å². The van der Waals surface area contributed by atoms with Crippen LogP contribution < -0.4 is 10.6 Å². The summed E-state index contributed by atoms with van der Waals surface area (Å²) >= 11 is 0. The predicted octanol–water partition coefficient (Wildman–Crippen LogP) is 4.06. The minimum Gasteiger partial charge on any atom is -0.388 e. The summed E-state index contributed by atoms with van der Waals surface area (Å²) in [4.78, 5) is 11.9. The van der Waals surface area contributed by atoms with Gasteiger partial charge in [0.2, 0.25) is 0 Å². The molecule has 0 atom stereocenters. The number of hydrogen-bond donors (Lipinski definition) is 2. The van der Waals surface area contributed by atoms with E-state index in [9.17, 15) is 18.0 Å². The number of anilines is 1. The minimum atomic E-state index is -4.49. The largest absolute Gasteiger partial charge is 0.418 e. The highest BCUT2D eigenvalue weighted by molar-refractivity contribution is 5.94. The lowest BCUT2D eigenvalue weighted by atomic mass is 10.1. The molecular formula is C15H21F3N2O. The van der Waals surface area contributed by atoms with E-state index >= 15 is 0 Å². The minimum absolute atomic E-state index is 0.0248. The number of unbranched alkanes of at least 4 members (excludes halogenated alkanes) is 3. The number of nitrogens with one attached hydrogen (secondary N) is 2. The number of rotatable bonds is 7. The van der Waals surface area contributed by atoms with Crippen LogP contribution in [0.5, 0.6) is 0 Å². The van der Waals surface area contributed by atoms with Crippen LogP contribution in [0, 0.1) is 0 Å². The zero-order chi connectivity index (χ0) is 15.9. The Hall–Kier alpha value is -1.72. The van der Waals surface area contributed by atoms with Gasteiger partial charge in [0, 0.05) is 24.8 Å². The van der Waals surface area contributed by atoms with Gasteiger partial charge in [-0.25, -0.2) is 0 Å². The molecule has 0 aromatic heterocycles. The highest BCUT2D eigenvalue weighted by Gasteiger charge is 2.34. The first kappa shape index (κ1) is 17.3. The first-order valence-corrected chi connectivity index (χ1v) is 7.07. The molecule has 0 spiro atoms. The number of hydrogen-bond acceptors (Lipinski definition) is 2. The molecule has 0 bridgehead atoms. The standard InChI is InChI=1S/C15H21F3N2O/c1-3-4-5-6-9-20-14(21)11-7-8-13(19-2)12(10-11)15(16,17)18/h7-8,10,19H,3-6,9H2,1-2H3,(H,20,21). The molecule has 0 aliphatic carbocycles. The zero-order valence-corrected chi connectivity index (χ0v) is 12.3. The van der Waals surface area contributed by atoms with Crippen LogP contribution >= 0.6 is 0 Å². The van der Waals surface area contributed by atoms with Crippen molar-refractivity contribution in [1.29, 1.82) is 0 Å². The van der Waals surface area contributed by atoms with Crippen molar-refractivity contribution in [3.05, 3.63) is 29.3 Å². The molecule has 6 heteroatoms. The van der Waals surface area contributed by atoms with Gasteiger partial charge in [-0.1, -0.05) is 26.2 Å². The average Bonchev–Trinajstić information content (AvgIpc) is 2.45. The Bertz CT molecular complexity index is 472. The SMILES string of the molecule is CCCCCCNC(=O)c1ccc(NC)c(C(F)(F)F)c1. The summed E-state index contributed by atoms with van der Waals surface area (Å²) in [6.45, 7) is 2.56. The van der Waals surface area contributed by atoms with Gasteiger partial charge < -0.3 is 10.6 Å². The number of carbonyl (C=O) groups excluding carboxylic acids is 1. The van der Waals surface area contributed by atoms with Crippen molar-refractivity contribution < 1.29 is 18.0 Å². The number of alkyl halides is 3. The molecule has 1 rings (SSSR count). The molecule has 118 valence electrons. The molecule has 0 fully saturated rings. The van der Waals surface area contributed by atoms with Gasteiger partial charge in [-0.05, 0) is 24.6 Å². The van der Waals surface area contributed by atoms with Crippen molar-refractivity contribution in [2.45, 2.75) is 38.8 Å². The third-order valence-corrected chi connectivity index (χ3v) is 3.17. The second-order valence-corrected chi connectivity index (χ2v) is 4.82. The highest BCUT2D eigenvalue weighted by atomic mass is 19.4. The van der Waals surface area contributed by atoms with Crippen LogP contribution in [-0.4, -0.2) is 19.5 Å². The van der Waals surface area contributed by atoms with Crippen molar-refractivity contribution in [1.82, 2.24) is 5.32 Å². The molecule has 1 aromatic rings. The first-order chi connectivity index (χ1) is 9.90. The van der Waals surface area contributed by atoms with E-state index in [0.717, 1.165) is 31.7 Å². The molecule has 0 saturated carbocycles. The van der Waals surface area contributed by atoms with Crippen molar-refractivity contribution in [2.75, 3.05) is 18.9 Å². The van der Waals surface area contributed by atoms with Crippen LogP contribution in [0.15, 0.2) is 18.2 Å². The van der Waals surface area contributed by atoms with E-state index in [1.807, 2.05) is 0 Å². The molecule has 0 radical (unpaired) electrons.